The molecule has 0 rings (SSSR count). The molecule has 0 radical (unpaired) electrons. The minimum absolute atomic E-state index is 0.00658. The molecule has 0 fully saturated rings. The average Bonchev–Trinajstić information content (AvgIpc) is 2.15. The molecule has 0 spiro atoms. The Hall–Kier alpha value is 0.0900. The predicted molar refractivity (Wildman–Crippen MR) is 65.8 cm³/mol. The van der Waals surface area contributed by atoms with Crippen LogP contribution in [0.2, 0.25) is 0 Å². The fourth-order valence-corrected chi connectivity index (χ4v) is 3.49. The maximum Gasteiger partial charge on any atom is 0.303 e. The first kappa shape index (κ1) is 15.1. The van der Waals surface area contributed by atoms with Crippen molar-refractivity contribution >= 4 is 27.6 Å². The third-order valence-corrected chi connectivity index (χ3v) is 5.15. The van der Waals surface area contributed by atoms with Gasteiger partial charge in [-0.25, -0.2) is 5.90 Å². The Kier molecular flexibility index (Phi) is 8.32. The minimum atomic E-state index is -0.731. The second-order valence-corrected chi connectivity index (χ2v) is 6.91. The van der Waals surface area contributed by atoms with Crippen molar-refractivity contribution in [3.8, 4) is 0 Å². The van der Waals surface area contributed by atoms with E-state index in [1.54, 1.807) is 21.6 Å². The van der Waals surface area contributed by atoms with Gasteiger partial charge in [0.15, 0.2) is 0 Å². The van der Waals surface area contributed by atoms with Crippen LogP contribution in [0.5, 0.6) is 0 Å². The number of carboxylic acid groups (broad SMARTS) is 1. The summed E-state index contributed by atoms with van der Waals surface area (Å²) in [5.41, 5.74) is 0. The fraction of sp³-hybridized carbons (Fsp3) is 0.889. The van der Waals surface area contributed by atoms with Gasteiger partial charge in [0, 0.05) is 16.9 Å². The summed E-state index contributed by atoms with van der Waals surface area (Å²) in [6.45, 7) is 4.70. The van der Waals surface area contributed by atoms with Crippen LogP contribution in [0.15, 0.2) is 0 Å². The van der Waals surface area contributed by atoms with Crippen LogP contribution in [0.3, 0.4) is 0 Å². The van der Waals surface area contributed by atoms with E-state index in [1.165, 1.54) is 0 Å². The third-order valence-electron chi connectivity index (χ3n) is 1.72. The normalized spacial score (nSPS) is 11.7. The van der Waals surface area contributed by atoms with Crippen molar-refractivity contribution in [3.63, 3.8) is 0 Å². The van der Waals surface area contributed by atoms with Crippen molar-refractivity contribution in [2.24, 2.45) is 5.90 Å². The molecule has 0 aromatic heterocycles. The Morgan fingerprint density at radius 2 is 2.20 bits per heavy atom. The van der Waals surface area contributed by atoms with Crippen LogP contribution >= 0.6 is 21.6 Å². The number of hydrogen-bond donors (Lipinski definition) is 2. The number of nitrogens with two attached hydrogens (primary N) is 1. The van der Waals surface area contributed by atoms with Gasteiger partial charge in [-0.1, -0.05) is 21.6 Å². The van der Waals surface area contributed by atoms with Crippen LogP contribution in [0.4, 0.5) is 0 Å². The van der Waals surface area contributed by atoms with Crippen LogP contribution in [-0.2, 0) is 9.63 Å². The highest BCUT2D eigenvalue weighted by atomic mass is 33.1. The molecule has 0 heterocycles. The first-order valence-corrected chi connectivity index (χ1v) is 7.14. The number of aliphatic carboxylic acids is 1. The fourth-order valence-electron chi connectivity index (χ4n) is 0.852. The summed E-state index contributed by atoms with van der Waals surface area (Å²) in [5.74, 6) is 5.14. The van der Waals surface area contributed by atoms with Crippen molar-refractivity contribution in [1.82, 2.24) is 0 Å². The quantitative estimate of drug-likeness (QED) is 0.373. The Balaban J connectivity index is 3.50. The van der Waals surface area contributed by atoms with E-state index in [1.807, 2.05) is 0 Å². The van der Waals surface area contributed by atoms with Gasteiger partial charge in [-0.2, -0.15) is 0 Å². The molecule has 0 aliphatic carbocycles. The van der Waals surface area contributed by atoms with Gasteiger partial charge in [0.05, 0.1) is 6.61 Å². The lowest BCUT2D eigenvalue weighted by Gasteiger charge is -2.22. The minimum Gasteiger partial charge on any atom is -0.481 e. The van der Waals surface area contributed by atoms with Gasteiger partial charge < -0.3 is 9.94 Å². The second kappa shape index (κ2) is 8.27. The Morgan fingerprint density at radius 3 is 2.73 bits per heavy atom. The largest absolute Gasteiger partial charge is 0.481 e. The molecule has 90 valence electrons. The molecule has 0 aliphatic rings. The highest BCUT2D eigenvalue weighted by Crippen LogP contribution is 2.38. The van der Waals surface area contributed by atoms with Gasteiger partial charge in [-0.3, -0.25) is 4.79 Å². The lowest BCUT2D eigenvalue weighted by molar-refractivity contribution is -0.137. The summed E-state index contributed by atoms with van der Waals surface area (Å²) in [7, 11) is 3.47. The smallest absolute Gasteiger partial charge is 0.303 e. The van der Waals surface area contributed by atoms with Crippen molar-refractivity contribution < 1.29 is 14.7 Å². The third kappa shape index (κ3) is 10.4. The lowest BCUT2D eigenvalue weighted by atomic mass is 10.1. The van der Waals surface area contributed by atoms with Crippen molar-refractivity contribution in [2.75, 3.05) is 12.4 Å². The zero-order chi connectivity index (χ0) is 11.7. The number of carbonyl (C=O) groups is 1. The van der Waals surface area contributed by atoms with Crippen LogP contribution in [0, 0.1) is 0 Å². The first-order valence-electron chi connectivity index (χ1n) is 4.82. The molecule has 0 saturated heterocycles. The van der Waals surface area contributed by atoms with E-state index in [0.717, 1.165) is 12.2 Å². The topological polar surface area (TPSA) is 72.5 Å². The molecule has 15 heavy (non-hydrogen) atoms. The second-order valence-electron chi connectivity index (χ2n) is 3.78. The summed E-state index contributed by atoms with van der Waals surface area (Å²) in [4.78, 5) is 14.9. The van der Waals surface area contributed by atoms with E-state index in [0.29, 0.717) is 13.0 Å². The Labute approximate surface area is 98.7 Å². The molecule has 6 heteroatoms. The van der Waals surface area contributed by atoms with Gasteiger partial charge in [-0.05, 0) is 26.7 Å². The average molecular weight is 253 g/mol. The SMILES string of the molecule is CC(C)(CCC(=O)O)SSCCCON. The van der Waals surface area contributed by atoms with Crippen LogP contribution < -0.4 is 5.90 Å². The van der Waals surface area contributed by atoms with Crippen LogP contribution in [0.25, 0.3) is 0 Å². The Morgan fingerprint density at radius 1 is 1.53 bits per heavy atom. The van der Waals surface area contributed by atoms with E-state index >= 15 is 0 Å². The van der Waals surface area contributed by atoms with E-state index in [-0.39, 0.29) is 11.2 Å². The monoisotopic (exact) mass is 253 g/mol. The molecule has 4 nitrogen and oxygen atoms in total. The van der Waals surface area contributed by atoms with E-state index in [2.05, 4.69) is 18.7 Å². The first-order chi connectivity index (χ1) is 6.98. The van der Waals surface area contributed by atoms with E-state index in [4.69, 9.17) is 11.0 Å². The molecule has 0 aromatic carbocycles. The van der Waals surface area contributed by atoms with E-state index in [9.17, 15) is 4.79 Å². The van der Waals surface area contributed by atoms with Crippen molar-refractivity contribution in [2.45, 2.75) is 37.9 Å². The number of carboxylic acids is 1. The molecule has 0 aromatic rings. The van der Waals surface area contributed by atoms with Crippen LogP contribution in [-0.4, -0.2) is 28.2 Å². The molecule has 0 aliphatic heterocycles. The molecule has 0 bridgehead atoms. The van der Waals surface area contributed by atoms with Gasteiger partial charge in [0.2, 0.25) is 0 Å². The lowest BCUT2D eigenvalue weighted by Crippen LogP contribution is -2.15. The molecule has 0 saturated carbocycles. The van der Waals surface area contributed by atoms with Gasteiger partial charge in [0.1, 0.15) is 0 Å². The molecule has 0 amide bonds. The predicted octanol–water partition coefficient (Wildman–Crippen LogP) is 2.29. The summed E-state index contributed by atoms with van der Waals surface area (Å²) in [5, 5.41) is 8.57. The summed E-state index contributed by atoms with van der Waals surface area (Å²) in [6, 6.07) is 0. The molecule has 0 atom stereocenters. The summed E-state index contributed by atoms with van der Waals surface area (Å²) >= 11 is 0. The standard InChI is InChI=1S/C9H19NO3S2/c1-9(2,5-4-8(11)12)15-14-7-3-6-13-10/h3-7,10H2,1-2H3,(H,11,12). The zero-order valence-corrected chi connectivity index (χ0v) is 10.8. The molecule has 0 unspecified atom stereocenters. The Bertz CT molecular complexity index is 188. The maximum absolute atomic E-state index is 10.4. The maximum atomic E-state index is 10.4. The zero-order valence-electron chi connectivity index (χ0n) is 9.19. The van der Waals surface area contributed by atoms with Crippen molar-refractivity contribution in [1.29, 1.82) is 0 Å². The van der Waals surface area contributed by atoms with Gasteiger partial charge in [-0.15, -0.1) is 0 Å². The highest BCUT2D eigenvalue weighted by Gasteiger charge is 2.19. The molecule has 3 N–H and O–H groups in total. The van der Waals surface area contributed by atoms with Crippen LogP contribution in [0.1, 0.15) is 33.1 Å². The summed E-state index contributed by atoms with van der Waals surface area (Å²) in [6.07, 6.45) is 1.84. The van der Waals surface area contributed by atoms with E-state index < -0.39 is 5.97 Å². The molecular weight excluding hydrogens is 234 g/mol. The summed E-state index contributed by atoms with van der Waals surface area (Å²) < 4.78 is 0.00658. The molecular formula is C9H19NO3S2. The van der Waals surface area contributed by atoms with Crippen molar-refractivity contribution in [3.05, 3.63) is 0 Å². The van der Waals surface area contributed by atoms with Gasteiger partial charge >= 0.3 is 5.97 Å². The highest BCUT2D eigenvalue weighted by molar-refractivity contribution is 8.77. The van der Waals surface area contributed by atoms with Gasteiger partial charge in [0.25, 0.3) is 0 Å². The number of hydrogen-bond acceptors (Lipinski definition) is 5. The number of rotatable bonds is 9.